The molecule has 1 atom stereocenters. The number of nitrogens with zero attached hydrogens (tertiary/aromatic N) is 1. The van der Waals surface area contributed by atoms with Crippen molar-refractivity contribution in [2.24, 2.45) is 0 Å². The number of anilines is 1. The van der Waals surface area contributed by atoms with E-state index in [-0.39, 0.29) is 35.1 Å². The molecule has 1 saturated carbocycles. The lowest BCUT2D eigenvalue weighted by atomic mass is 9.80. The van der Waals surface area contributed by atoms with Gasteiger partial charge in [0.2, 0.25) is 5.91 Å². The van der Waals surface area contributed by atoms with Gasteiger partial charge in [-0.2, -0.15) is 13.2 Å². The van der Waals surface area contributed by atoms with Crippen molar-refractivity contribution in [2.75, 3.05) is 11.5 Å². The highest BCUT2D eigenvalue weighted by molar-refractivity contribution is 8.14. The maximum absolute atomic E-state index is 13.1. The van der Waals surface area contributed by atoms with Gasteiger partial charge in [0, 0.05) is 22.9 Å². The Hall–Kier alpha value is -2.49. The molecule has 0 radical (unpaired) electrons. The molecule has 1 amide bonds. The number of halogens is 3. The minimum Gasteiger partial charge on any atom is -0.398 e. The number of hydrogen-bond donors (Lipinski definition) is 4. The number of thioether (sulfide) groups is 1. The van der Waals surface area contributed by atoms with Crippen LogP contribution in [0.1, 0.15) is 42.9 Å². The van der Waals surface area contributed by atoms with Gasteiger partial charge in [-0.15, -0.1) is 0 Å². The maximum Gasteiger partial charge on any atom is 0.433 e. The van der Waals surface area contributed by atoms with E-state index in [0.717, 1.165) is 37.3 Å². The maximum atomic E-state index is 13.1. The third-order valence-corrected chi connectivity index (χ3v) is 6.62. The second-order valence-electron chi connectivity index (χ2n) is 7.73. The van der Waals surface area contributed by atoms with Gasteiger partial charge in [0.1, 0.15) is 11.7 Å². The molecule has 10 heteroatoms. The molecule has 5 N–H and O–H groups in total. The number of nitrogen functional groups attached to an aromatic ring is 1. The molecule has 2 aliphatic rings. The average Bonchev–Trinajstić information content (AvgIpc) is 3.14. The van der Waals surface area contributed by atoms with Crippen LogP contribution in [-0.4, -0.2) is 33.9 Å². The van der Waals surface area contributed by atoms with Crippen LogP contribution in [-0.2, 0) is 11.0 Å². The number of alkyl halides is 3. The van der Waals surface area contributed by atoms with E-state index in [1.807, 2.05) is 6.07 Å². The van der Waals surface area contributed by atoms with E-state index in [2.05, 4.69) is 15.6 Å². The summed E-state index contributed by atoms with van der Waals surface area (Å²) in [6.45, 7) is 0. The standard InChI is InChI=1S/C20H22F3N5OS/c21-20(22,23)16-8-13(24)17-12(2-1-3-14(17)27-16)10-4-6-11(7-5-10)26-18(29)15-9-30-19(25)28-15/h1-3,8,10-11,15H,4-7,9H2,(H2,24,27)(H2,25,28)(H,26,29). The molecule has 30 heavy (non-hydrogen) atoms. The third kappa shape index (κ3) is 4.19. The zero-order valence-electron chi connectivity index (χ0n) is 16.1. The lowest BCUT2D eigenvalue weighted by Gasteiger charge is -2.30. The van der Waals surface area contributed by atoms with Gasteiger partial charge in [0.25, 0.3) is 0 Å². The molecular weight excluding hydrogens is 415 g/mol. The molecule has 2 aromatic rings. The molecule has 0 bridgehead atoms. The molecule has 1 aromatic heterocycles. The topological polar surface area (TPSA) is 104 Å². The molecule has 1 saturated heterocycles. The van der Waals surface area contributed by atoms with Crippen LogP contribution in [0.25, 0.3) is 10.9 Å². The van der Waals surface area contributed by atoms with Gasteiger partial charge in [-0.05, 0) is 49.3 Å². The van der Waals surface area contributed by atoms with Crippen LogP contribution in [0.4, 0.5) is 18.9 Å². The molecule has 6 nitrogen and oxygen atoms in total. The van der Waals surface area contributed by atoms with Crippen LogP contribution in [0, 0.1) is 5.41 Å². The van der Waals surface area contributed by atoms with Crippen LogP contribution in [0.15, 0.2) is 24.3 Å². The summed E-state index contributed by atoms with van der Waals surface area (Å²) in [7, 11) is 0. The van der Waals surface area contributed by atoms with Crippen LogP contribution >= 0.6 is 11.8 Å². The Morgan fingerprint density at radius 3 is 2.63 bits per heavy atom. The second kappa shape index (κ2) is 7.98. The molecule has 160 valence electrons. The van der Waals surface area contributed by atoms with Crippen molar-refractivity contribution in [3.05, 3.63) is 35.5 Å². The Balaban J connectivity index is 1.47. The summed E-state index contributed by atoms with van der Waals surface area (Å²) in [5.41, 5.74) is 6.28. The first kappa shape index (κ1) is 20.8. The zero-order chi connectivity index (χ0) is 21.5. The van der Waals surface area contributed by atoms with Crippen molar-refractivity contribution >= 4 is 39.4 Å². The highest BCUT2D eigenvalue weighted by Gasteiger charge is 2.34. The number of hydrogen-bond acceptors (Lipinski definition) is 5. The number of nitrogens with two attached hydrogens (primary N) is 1. The highest BCUT2D eigenvalue weighted by atomic mass is 32.2. The molecule has 1 unspecified atom stereocenters. The van der Waals surface area contributed by atoms with E-state index in [0.29, 0.717) is 16.3 Å². The molecule has 2 fully saturated rings. The molecule has 1 aliphatic heterocycles. The van der Waals surface area contributed by atoms with Crippen LogP contribution < -0.4 is 16.4 Å². The zero-order valence-corrected chi connectivity index (χ0v) is 16.9. The number of carbonyl (C=O) groups is 1. The van der Waals surface area contributed by atoms with Crippen molar-refractivity contribution in [3.8, 4) is 0 Å². The Labute approximate surface area is 175 Å². The SMILES string of the molecule is N=C1NC(C(=O)NC2CCC(c3cccc4nc(C(F)(F)F)cc(N)c34)CC2)CS1. The van der Waals surface area contributed by atoms with Crippen molar-refractivity contribution < 1.29 is 18.0 Å². The minimum absolute atomic E-state index is 0.0533. The number of benzene rings is 1. The number of fused-ring (bicyclic) bond motifs is 1. The second-order valence-corrected chi connectivity index (χ2v) is 8.76. The average molecular weight is 437 g/mol. The summed E-state index contributed by atoms with van der Waals surface area (Å²) >= 11 is 1.32. The monoisotopic (exact) mass is 437 g/mol. The summed E-state index contributed by atoms with van der Waals surface area (Å²) in [4.78, 5) is 16.1. The molecule has 1 aromatic carbocycles. The van der Waals surface area contributed by atoms with Crippen molar-refractivity contribution in [1.82, 2.24) is 15.6 Å². The lowest BCUT2D eigenvalue weighted by molar-refractivity contribution is -0.140. The van der Waals surface area contributed by atoms with Gasteiger partial charge in [-0.3, -0.25) is 10.2 Å². The van der Waals surface area contributed by atoms with Crippen molar-refractivity contribution in [3.63, 3.8) is 0 Å². The number of nitrogens with one attached hydrogen (secondary N) is 3. The Morgan fingerprint density at radius 2 is 2.00 bits per heavy atom. The van der Waals surface area contributed by atoms with Gasteiger partial charge in [-0.25, -0.2) is 4.98 Å². The molecule has 1 aliphatic carbocycles. The predicted octanol–water partition coefficient (Wildman–Crippen LogP) is 3.62. The van der Waals surface area contributed by atoms with Gasteiger partial charge in [0.15, 0.2) is 5.17 Å². The minimum atomic E-state index is -4.54. The van der Waals surface area contributed by atoms with Crippen LogP contribution in [0.2, 0.25) is 0 Å². The van der Waals surface area contributed by atoms with E-state index in [9.17, 15) is 18.0 Å². The fraction of sp³-hybridized carbons (Fsp3) is 0.450. The highest BCUT2D eigenvalue weighted by Crippen LogP contribution is 2.40. The molecule has 2 heterocycles. The fourth-order valence-corrected chi connectivity index (χ4v) is 5.03. The summed E-state index contributed by atoms with van der Waals surface area (Å²) in [5, 5.41) is 14.3. The number of rotatable bonds is 3. The largest absolute Gasteiger partial charge is 0.433 e. The van der Waals surface area contributed by atoms with Gasteiger partial charge >= 0.3 is 6.18 Å². The summed E-state index contributed by atoms with van der Waals surface area (Å²) < 4.78 is 39.2. The van der Waals surface area contributed by atoms with Gasteiger partial charge in [-0.1, -0.05) is 23.9 Å². The number of amidine groups is 1. The fourth-order valence-electron chi connectivity index (χ4n) is 4.23. The first-order chi connectivity index (χ1) is 14.2. The summed E-state index contributed by atoms with van der Waals surface area (Å²) in [6.07, 6.45) is -1.39. The number of aromatic nitrogens is 1. The Kier molecular flexibility index (Phi) is 5.52. The molecular formula is C20H22F3N5OS. The van der Waals surface area contributed by atoms with E-state index >= 15 is 0 Å². The summed E-state index contributed by atoms with van der Waals surface area (Å²) in [5.74, 6) is 0.616. The van der Waals surface area contributed by atoms with E-state index < -0.39 is 11.9 Å². The number of pyridine rings is 1. The van der Waals surface area contributed by atoms with E-state index in [1.165, 1.54) is 11.8 Å². The smallest absolute Gasteiger partial charge is 0.398 e. The quantitative estimate of drug-likeness (QED) is 0.587. The van der Waals surface area contributed by atoms with Gasteiger partial charge < -0.3 is 16.4 Å². The molecule has 4 rings (SSSR count). The van der Waals surface area contributed by atoms with Crippen LogP contribution in [0.3, 0.4) is 0 Å². The Morgan fingerprint density at radius 1 is 1.27 bits per heavy atom. The molecule has 0 spiro atoms. The van der Waals surface area contributed by atoms with E-state index in [1.54, 1.807) is 12.1 Å². The van der Waals surface area contributed by atoms with Gasteiger partial charge in [0.05, 0.1) is 5.52 Å². The third-order valence-electron chi connectivity index (χ3n) is 5.72. The normalized spacial score (nSPS) is 24.6. The Bertz CT molecular complexity index is 988. The summed E-state index contributed by atoms with van der Waals surface area (Å²) in [6, 6.07) is 5.77. The van der Waals surface area contributed by atoms with E-state index in [4.69, 9.17) is 11.1 Å². The van der Waals surface area contributed by atoms with Crippen LogP contribution in [0.5, 0.6) is 0 Å². The first-order valence-electron chi connectivity index (χ1n) is 9.77. The first-order valence-corrected chi connectivity index (χ1v) is 10.8. The number of carbonyl (C=O) groups excluding carboxylic acids is 1. The van der Waals surface area contributed by atoms with Crippen molar-refractivity contribution in [1.29, 1.82) is 5.41 Å². The lowest BCUT2D eigenvalue weighted by Crippen LogP contribution is -2.47. The number of amides is 1. The predicted molar refractivity (Wildman–Crippen MR) is 111 cm³/mol. The van der Waals surface area contributed by atoms with Crippen molar-refractivity contribution in [2.45, 2.75) is 49.9 Å².